The zero-order valence-electron chi connectivity index (χ0n) is 11.4. The lowest BCUT2D eigenvalue weighted by Crippen LogP contribution is -2.36. The van der Waals surface area contributed by atoms with Crippen molar-refractivity contribution in [2.75, 3.05) is 18.4 Å². The van der Waals surface area contributed by atoms with Crippen molar-refractivity contribution in [3.05, 3.63) is 50.1 Å². The fraction of sp³-hybridized carbons (Fsp3) is 0.214. The minimum absolute atomic E-state index is 0.169. The Hall–Kier alpha value is -2.67. The van der Waals surface area contributed by atoms with Gasteiger partial charge in [-0.2, -0.15) is 0 Å². The molecule has 0 bridgehead atoms. The molecule has 1 aromatic heterocycles. The molecule has 1 aliphatic rings. The van der Waals surface area contributed by atoms with E-state index in [4.69, 9.17) is 0 Å². The SMILES string of the molecule is CC(C(=O)Nc1ccc2[nH]c(=O)c(=O)[nH]c2c1)=C1CNC1. The van der Waals surface area contributed by atoms with E-state index in [1.54, 1.807) is 25.1 Å². The van der Waals surface area contributed by atoms with Crippen LogP contribution in [0.3, 0.4) is 0 Å². The van der Waals surface area contributed by atoms with Crippen LogP contribution in [0.15, 0.2) is 38.9 Å². The van der Waals surface area contributed by atoms with Crippen LogP contribution in [0.4, 0.5) is 5.69 Å². The van der Waals surface area contributed by atoms with Gasteiger partial charge in [0.05, 0.1) is 11.0 Å². The van der Waals surface area contributed by atoms with Crippen LogP contribution < -0.4 is 21.8 Å². The van der Waals surface area contributed by atoms with Crippen molar-refractivity contribution in [1.29, 1.82) is 0 Å². The average molecular weight is 286 g/mol. The second kappa shape index (κ2) is 5.02. The summed E-state index contributed by atoms with van der Waals surface area (Å²) in [4.78, 5) is 39.5. The van der Waals surface area contributed by atoms with E-state index < -0.39 is 11.1 Å². The molecule has 7 heteroatoms. The zero-order chi connectivity index (χ0) is 15.0. The van der Waals surface area contributed by atoms with E-state index >= 15 is 0 Å². The van der Waals surface area contributed by atoms with Gasteiger partial charge in [-0.25, -0.2) is 0 Å². The maximum absolute atomic E-state index is 12.1. The first-order valence-corrected chi connectivity index (χ1v) is 6.51. The van der Waals surface area contributed by atoms with Gasteiger partial charge in [0.25, 0.3) is 5.91 Å². The molecule has 1 amide bonds. The Kier molecular flexibility index (Phi) is 3.19. The Morgan fingerprint density at radius 3 is 2.38 bits per heavy atom. The lowest BCUT2D eigenvalue weighted by atomic mass is 10.0. The monoisotopic (exact) mass is 286 g/mol. The van der Waals surface area contributed by atoms with Crippen LogP contribution in [-0.2, 0) is 4.79 Å². The molecular weight excluding hydrogens is 272 g/mol. The highest BCUT2D eigenvalue weighted by Crippen LogP contribution is 2.16. The van der Waals surface area contributed by atoms with E-state index in [1.807, 2.05) is 0 Å². The fourth-order valence-corrected chi connectivity index (χ4v) is 2.09. The number of rotatable bonds is 2. The second-order valence-electron chi connectivity index (χ2n) is 4.95. The van der Waals surface area contributed by atoms with Crippen LogP contribution in [-0.4, -0.2) is 29.0 Å². The molecule has 1 saturated heterocycles. The van der Waals surface area contributed by atoms with Gasteiger partial charge in [0.2, 0.25) is 0 Å². The molecule has 1 aliphatic heterocycles. The summed E-state index contributed by atoms with van der Waals surface area (Å²) in [6.45, 7) is 3.27. The molecular formula is C14H14N4O3. The lowest BCUT2D eigenvalue weighted by molar-refractivity contribution is -0.112. The van der Waals surface area contributed by atoms with Crippen molar-refractivity contribution in [3.63, 3.8) is 0 Å². The number of benzene rings is 1. The van der Waals surface area contributed by atoms with Gasteiger partial charge < -0.3 is 20.6 Å². The van der Waals surface area contributed by atoms with Crippen LogP contribution in [0.1, 0.15) is 6.92 Å². The van der Waals surface area contributed by atoms with Crippen molar-refractivity contribution < 1.29 is 4.79 Å². The molecule has 0 atom stereocenters. The van der Waals surface area contributed by atoms with Crippen molar-refractivity contribution in [2.24, 2.45) is 0 Å². The van der Waals surface area contributed by atoms with E-state index in [0.717, 1.165) is 18.7 Å². The van der Waals surface area contributed by atoms with E-state index in [1.165, 1.54) is 0 Å². The van der Waals surface area contributed by atoms with Crippen molar-refractivity contribution >= 4 is 22.6 Å². The third-order valence-electron chi connectivity index (χ3n) is 3.53. The minimum atomic E-state index is -0.718. The first kappa shape index (κ1) is 13.3. The van der Waals surface area contributed by atoms with E-state index in [0.29, 0.717) is 22.3 Å². The van der Waals surface area contributed by atoms with Gasteiger partial charge in [-0.3, -0.25) is 14.4 Å². The first-order valence-electron chi connectivity index (χ1n) is 6.51. The number of aromatic nitrogens is 2. The number of fused-ring (bicyclic) bond motifs is 1. The molecule has 2 aromatic rings. The summed E-state index contributed by atoms with van der Waals surface area (Å²) in [6, 6.07) is 4.92. The number of carbonyl (C=O) groups is 1. The lowest BCUT2D eigenvalue weighted by Gasteiger charge is -2.21. The molecule has 108 valence electrons. The molecule has 1 aromatic carbocycles. The third-order valence-corrected chi connectivity index (χ3v) is 3.53. The standard InChI is InChI=1S/C14H14N4O3/c1-7(8-5-15-6-8)12(19)16-9-2-3-10-11(4-9)18-14(21)13(20)17-10/h2-4,15H,5-6H2,1H3,(H,16,19)(H,17,20)(H,18,21). The van der Waals surface area contributed by atoms with Gasteiger partial charge >= 0.3 is 11.1 Å². The largest absolute Gasteiger partial charge is 0.322 e. The molecule has 3 rings (SSSR count). The van der Waals surface area contributed by atoms with Crippen LogP contribution in [0.25, 0.3) is 11.0 Å². The molecule has 4 N–H and O–H groups in total. The topological polar surface area (TPSA) is 107 Å². The number of carbonyl (C=O) groups excluding carboxylic acids is 1. The summed E-state index contributed by atoms with van der Waals surface area (Å²) in [5, 5.41) is 5.86. The van der Waals surface area contributed by atoms with Crippen LogP contribution in [0.5, 0.6) is 0 Å². The molecule has 0 unspecified atom stereocenters. The highest BCUT2D eigenvalue weighted by atomic mass is 16.2. The maximum atomic E-state index is 12.1. The van der Waals surface area contributed by atoms with Gasteiger partial charge in [-0.15, -0.1) is 0 Å². The number of aromatic amines is 2. The van der Waals surface area contributed by atoms with Gasteiger partial charge in [-0.1, -0.05) is 0 Å². The fourth-order valence-electron chi connectivity index (χ4n) is 2.09. The summed E-state index contributed by atoms with van der Waals surface area (Å²) in [7, 11) is 0. The highest BCUT2D eigenvalue weighted by Gasteiger charge is 2.16. The molecule has 1 fully saturated rings. The van der Waals surface area contributed by atoms with Crippen LogP contribution >= 0.6 is 0 Å². The minimum Gasteiger partial charge on any atom is -0.322 e. The van der Waals surface area contributed by atoms with E-state index in [2.05, 4.69) is 20.6 Å². The number of amides is 1. The summed E-state index contributed by atoms with van der Waals surface area (Å²) in [5.41, 5.74) is 1.91. The number of anilines is 1. The van der Waals surface area contributed by atoms with E-state index in [9.17, 15) is 14.4 Å². The summed E-state index contributed by atoms with van der Waals surface area (Å²) in [6.07, 6.45) is 0. The normalized spacial score (nSPS) is 13.9. The Morgan fingerprint density at radius 2 is 1.76 bits per heavy atom. The number of hydrogen-bond donors (Lipinski definition) is 4. The van der Waals surface area contributed by atoms with Gasteiger partial charge in [0.1, 0.15) is 0 Å². The van der Waals surface area contributed by atoms with Crippen molar-refractivity contribution in [1.82, 2.24) is 15.3 Å². The Balaban J connectivity index is 1.91. The zero-order valence-corrected chi connectivity index (χ0v) is 11.4. The van der Waals surface area contributed by atoms with Crippen molar-refractivity contribution in [3.8, 4) is 0 Å². The average Bonchev–Trinajstić information content (AvgIpc) is 2.38. The number of nitrogens with one attached hydrogen (secondary N) is 4. The molecule has 0 radical (unpaired) electrons. The quantitative estimate of drug-likeness (QED) is 0.463. The van der Waals surface area contributed by atoms with Crippen LogP contribution in [0.2, 0.25) is 0 Å². The smallest absolute Gasteiger partial charge is 0.314 e. The molecule has 0 aliphatic carbocycles. The van der Waals surface area contributed by atoms with Gasteiger partial charge in [-0.05, 0) is 30.7 Å². The second-order valence-corrected chi connectivity index (χ2v) is 4.95. The summed E-state index contributed by atoms with van der Waals surface area (Å²) >= 11 is 0. The number of hydrogen-bond acceptors (Lipinski definition) is 4. The molecule has 7 nitrogen and oxygen atoms in total. The Bertz CT molecular complexity index is 870. The first-order chi connectivity index (χ1) is 10.0. The number of H-pyrrole nitrogens is 2. The Labute approximate surface area is 119 Å². The predicted octanol–water partition coefficient (Wildman–Crippen LogP) is 0.0746. The molecule has 2 heterocycles. The van der Waals surface area contributed by atoms with Gasteiger partial charge in [0, 0.05) is 24.4 Å². The molecule has 0 spiro atoms. The van der Waals surface area contributed by atoms with Crippen molar-refractivity contribution in [2.45, 2.75) is 6.92 Å². The van der Waals surface area contributed by atoms with E-state index in [-0.39, 0.29) is 5.91 Å². The Morgan fingerprint density at radius 1 is 1.10 bits per heavy atom. The maximum Gasteiger partial charge on any atom is 0.314 e. The molecule has 21 heavy (non-hydrogen) atoms. The third kappa shape index (κ3) is 2.50. The van der Waals surface area contributed by atoms with Gasteiger partial charge in [0.15, 0.2) is 0 Å². The van der Waals surface area contributed by atoms with Crippen LogP contribution in [0, 0.1) is 0 Å². The highest BCUT2D eigenvalue weighted by molar-refractivity contribution is 6.04. The summed E-state index contributed by atoms with van der Waals surface area (Å²) < 4.78 is 0. The summed E-state index contributed by atoms with van der Waals surface area (Å²) in [5.74, 6) is -0.169. The predicted molar refractivity (Wildman–Crippen MR) is 79.4 cm³/mol. The molecule has 0 saturated carbocycles.